The van der Waals surface area contributed by atoms with Crippen LogP contribution in [-0.2, 0) is 11.2 Å². The number of carbonyl (C=O) groups is 1. The Bertz CT molecular complexity index is 1110. The van der Waals surface area contributed by atoms with Gasteiger partial charge in [-0.2, -0.15) is 0 Å². The average molecular weight is 463 g/mol. The highest BCUT2D eigenvalue weighted by Gasteiger charge is 2.29. The molecule has 4 rings (SSSR count). The zero-order chi connectivity index (χ0) is 23.4. The standard InChI is InChI=1S/C27H31ClN4O/c1-4-23(21-10-6-5-7-11-21)27(33)32-16-14-31(15-17-32)26-24(19(2)29-20(3)30-26)18-22-12-8-9-13-25(22)28/h5-13,23H,4,14-18H2,1-3H3. The average Bonchev–Trinajstić information content (AvgIpc) is 2.83. The Hall–Kier alpha value is -2.92. The number of benzene rings is 2. The van der Waals surface area contributed by atoms with Crippen LogP contribution in [0.2, 0.25) is 5.02 Å². The molecule has 2 heterocycles. The van der Waals surface area contributed by atoms with Crippen molar-refractivity contribution < 1.29 is 4.79 Å². The van der Waals surface area contributed by atoms with E-state index in [1.807, 2.05) is 55.1 Å². The van der Waals surface area contributed by atoms with Crippen molar-refractivity contribution in [2.75, 3.05) is 31.1 Å². The minimum Gasteiger partial charge on any atom is -0.353 e. The summed E-state index contributed by atoms with van der Waals surface area (Å²) in [5.41, 5.74) is 4.24. The van der Waals surface area contributed by atoms with E-state index in [0.717, 1.165) is 58.6 Å². The van der Waals surface area contributed by atoms with E-state index in [0.29, 0.717) is 19.5 Å². The molecular formula is C27H31ClN4O. The number of amides is 1. The topological polar surface area (TPSA) is 49.3 Å². The molecule has 1 aliphatic heterocycles. The van der Waals surface area contributed by atoms with Crippen molar-refractivity contribution in [3.05, 3.63) is 87.8 Å². The molecule has 1 aromatic heterocycles. The number of carbonyl (C=O) groups excluding carboxylic acids is 1. The van der Waals surface area contributed by atoms with E-state index in [-0.39, 0.29) is 11.8 Å². The summed E-state index contributed by atoms with van der Waals surface area (Å²) in [5, 5.41) is 0.755. The maximum atomic E-state index is 13.3. The number of aryl methyl sites for hydroxylation is 2. The van der Waals surface area contributed by atoms with Gasteiger partial charge in [-0.1, -0.05) is 67.1 Å². The number of anilines is 1. The Labute approximate surface area is 201 Å². The highest BCUT2D eigenvalue weighted by atomic mass is 35.5. The first-order chi connectivity index (χ1) is 16.0. The van der Waals surface area contributed by atoms with Crippen molar-refractivity contribution >= 4 is 23.3 Å². The molecule has 0 radical (unpaired) electrons. The summed E-state index contributed by atoms with van der Waals surface area (Å²) < 4.78 is 0. The molecule has 6 heteroatoms. The van der Waals surface area contributed by atoms with Crippen molar-refractivity contribution in [2.45, 2.75) is 39.5 Å². The number of hydrogen-bond acceptors (Lipinski definition) is 4. The Morgan fingerprint density at radius 2 is 1.64 bits per heavy atom. The van der Waals surface area contributed by atoms with Crippen LogP contribution in [-0.4, -0.2) is 47.0 Å². The van der Waals surface area contributed by atoms with Gasteiger partial charge in [0.05, 0.1) is 5.92 Å². The molecule has 1 fully saturated rings. The van der Waals surface area contributed by atoms with Gasteiger partial charge in [0.2, 0.25) is 5.91 Å². The van der Waals surface area contributed by atoms with Gasteiger partial charge in [0.15, 0.2) is 0 Å². The highest BCUT2D eigenvalue weighted by Crippen LogP contribution is 2.29. The number of halogens is 1. The summed E-state index contributed by atoms with van der Waals surface area (Å²) in [7, 11) is 0. The molecule has 0 bridgehead atoms. The van der Waals surface area contributed by atoms with Gasteiger partial charge in [-0.25, -0.2) is 9.97 Å². The molecule has 0 aliphatic carbocycles. The first-order valence-corrected chi connectivity index (χ1v) is 12.0. The predicted octanol–water partition coefficient (Wildman–Crippen LogP) is 5.18. The summed E-state index contributed by atoms with van der Waals surface area (Å²) in [4.78, 5) is 27.0. The number of piperazine rings is 1. The van der Waals surface area contributed by atoms with Gasteiger partial charge in [-0.05, 0) is 37.5 Å². The third-order valence-corrected chi connectivity index (χ3v) is 6.80. The Morgan fingerprint density at radius 1 is 0.970 bits per heavy atom. The van der Waals surface area contributed by atoms with Crippen LogP contribution in [0.3, 0.4) is 0 Å². The fraction of sp³-hybridized carbons (Fsp3) is 0.370. The van der Waals surface area contributed by atoms with E-state index in [4.69, 9.17) is 16.6 Å². The number of aromatic nitrogens is 2. The zero-order valence-corrected chi connectivity index (χ0v) is 20.3. The Kier molecular flexibility index (Phi) is 7.29. The monoisotopic (exact) mass is 462 g/mol. The minimum atomic E-state index is -0.0860. The van der Waals surface area contributed by atoms with Crippen molar-refractivity contribution in [1.82, 2.24) is 14.9 Å². The van der Waals surface area contributed by atoms with Crippen molar-refractivity contribution in [3.63, 3.8) is 0 Å². The molecule has 0 N–H and O–H groups in total. The van der Waals surface area contributed by atoms with E-state index in [2.05, 4.69) is 35.0 Å². The molecule has 1 saturated heterocycles. The van der Waals surface area contributed by atoms with Crippen molar-refractivity contribution in [3.8, 4) is 0 Å². The molecule has 3 aromatic rings. The molecule has 1 amide bonds. The molecule has 172 valence electrons. The molecule has 5 nitrogen and oxygen atoms in total. The lowest BCUT2D eigenvalue weighted by atomic mass is 9.94. The van der Waals surface area contributed by atoms with Crippen molar-refractivity contribution in [2.24, 2.45) is 0 Å². The van der Waals surface area contributed by atoms with Gasteiger partial charge in [0, 0.05) is 48.9 Å². The SMILES string of the molecule is CCC(C(=O)N1CCN(c2nc(C)nc(C)c2Cc2ccccc2Cl)CC1)c1ccccc1. The lowest BCUT2D eigenvalue weighted by Gasteiger charge is -2.38. The maximum absolute atomic E-state index is 13.3. The second-order valence-electron chi connectivity index (χ2n) is 8.61. The molecule has 0 saturated carbocycles. The van der Waals surface area contributed by atoms with Gasteiger partial charge in [0.1, 0.15) is 11.6 Å². The molecule has 1 atom stereocenters. The van der Waals surface area contributed by atoms with Crippen LogP contribution in [0, 0.1) is 13.8 Å². The summed E-state index contributed by atoms with van der Waals surface area (Å²) in [5.74, 6) is 1.85. The van der Waals surface area contributed by atoms with Crippen LogP contribution in [0.25, 0.3) is 0 Å². The molecule has 1 unspecified atom stereocenters. The lowest BCUT2D eigenvalue weighted by Crippen LogP contribution is -2.50. The third kappa shape index (κ3) is 5.19. The van der Waals surface area contributed by atoms with Crippen LogP contribution in [0.15, 0.2) is 54.6 Å². The van der Waals surface area contributed by atoms with Crippen LogP contribution in [0.5, 0.6) is 0 Å². The predicted molar refractivity (Wildman–Crippen MR) is 134 cm³/mol. The van der Waals surface area contributed by atoms with E-state index in [1.165, 1.54) is 0 Å². The molecule has 33 heavy (non-hydrogen) atoms. The van der Waals surface area contributed by atoms with Crippen molar-refractivity contribution in [1.29, 1.82) is 0 Å². The first-order valence-electron chi connectivity index (χ1n) is 11.6. The smallest absolute Gasteiger partial charge is 0.230 e. The number of nitrogens with zero attached hydrogens (tertiary/aromatic N) is 4. The number of rotatable bonds is 6. The molecule has 2 aromatic carbocycles. The lowest BCUT2D eigenvalue weighted by molar-refractivity contribution is -0.133. The van der Waals surface area contributed by atoms with E-state index in [9.17, 15) is 4.79 Å². The molecular weight excluding hydrogens is 432 g/mol. The summed E-state index contributed by atoms with van der Waals surface area (Å²) >= 11 is 6.45. The largest absolute Gasteiger partial charge is 0.353 e. The molecule has 1 aliphatic rings. The maximum Gasteiger partial charge on any atom is 0.230 e. The molecule has 0 spiro atoms. The summed E-state index contributed by atoms with van der Waals surface area (Å²) in [6, 6.07) is 18.0. The van der Waals surface area contributed by atoms with Crippen LogP contribution >= 0.6 is 11.6 Å². The second-order valence-corrected chi connectivity index (χ2v) is 9.02. The fourth-order valence-electron chi connectivity index (χ4n) is 4.62. The van der Waals surface area contributed by atoms with E-state index in [1.54, 1.807) is 0 Å². The zero-order valence-electron chi connectivity index (χ0n) is 19.6. The second kappa shape index (κ2) is 10.3. The third-order valence-electron chi connectivity index (χ3n) is 6.43. The number of hydrogen-bond donors (Lipinski definition) is 0. The van der Waals surface area contributed by atoms with E-state index >= 15 is 0 Å². The Balaban J connectivity index is 1.52. The normalized spacial score (nSPS) is 14.9. The van der Waals surface area contributed by atoms with Crippen LogP contribution in [0.4, 0.5) is 5.82 Å². The quantitative estimate of drug-likeness (QED) is 0.506. The van der Waals surface area contributed by atoms with Gasteiger partial charge in [-0.15, -0.1) is 0 Å². The van der Waals surface area contributed by atoms with Gasteiger partial charge in [0.25, 0.3) is 0 Å². The fourth-order valence-corrected chi connectivity index (χ4v) is 4.82. The minimum absolute atomic E-state index is 0.0860. The summed E-state index contributed by atoms with van der Waals surface area (Å²) in [6.45, 7) is 8.94. The Morgan fingerprint density at radius 3 is 2.30 bits per heavy atom. The van der Waals surface area contributed by atoms with Gasteiger partial charge >= 0.3 is 0 Å². The van der Waals surface area contributed by atoms with Gasteiger partial charge in [-0.3, -0.25) is 4.79 Å². The summed E-state index contributed by atoms with van der Waals surface area (Å²) in [6.07, 6.45) is 1.49. The van der Waals surface area contributed by atoms with E-state index < -0.39 is 0 Å². The van der Waals surface area contributed by atoms with Crippen LogP contribution < -0.4 is 4.90 Å². The van der Waals surface area contributed by atoms with Gasteiger partial charge < -0.3 is 9.80 Å². The van der Waals surface area contributed by atoms with Crippen LogP contribution in [0.1, 0.15) is 47.5 Å². The highest BCUT2D eigenvalue weighted by molar-refractivity contribution is 6.31. The first kappa shape index (κ1) is 23.2.